The molecule has 0 bridgehead atoms. The summed E-state index contributed by atoms with van der Waals surface area (Å²) in [5.41, 5.74) is 3.72. The monoisotopic (exact) mass is 568 g/mol. The maximum absolute atomic E-state index is 13.9. The van der Waals surface area contributed by atoms with Crippen LogP contribution >= 0.6 is 0 Å². The van der Waals surface area contributed by atoms with Crippen molar-refractivity contribution in [1.82, 2.24) is 14.5 Å². The van der Waals surface area contributed by atoms with Crippen LogP contribution in [0.3, 0.4) is 0 Å². The summed E-state index contributed by atoms with van der Waals surface area (Å²) in [7, 11) is 2.15. The molecule has 2 aromatic heterocycles. The fourth-order valence-corrected chi connectivity index (χ4v) is 6.06. The van der Waals surface area contributed by atoms with Gasteiger partial charge in [-0.25, -0.2) is 0 Å². The highest BCUT2D eigenvalue weighted by Crippen LogP contribution is 2.39. The number of anilines is 1. The van der Waals surface area contributed by atoms with Gasteiger partial charge in [-0.05, 0) is 75.7 Å². The summed E-state index contributed by atoms with van der Waals surface area (Å²) < 4.78 is 49.2. The van der Waals surface area contributed by atoms with Crippen LogP contribution in [0.5, 0.6) is 0 Å². The molecule has 41 heavy (non-hydrogen) atoms. The number of H-pyrrole nitrogens is 1. The number of morpholine rings is 1. The van der Waals surface area contributed by atoms with Crippen LogP contribution in [-0.2, 0) is 24.0 Å². The van der Waals surface area contributed by atoms with E-state index in [1.807, 2.05) is 19.9 Å². The van der Waals surface area contributed by atoms with Crippen LogP contribution in [0, 0.1) is 13.8 Å². The minimum Gasteiger partial charge on any atom is -0.378 e. The van der Waals surface area contributed by atoms with Crippen molar-refractivity contribution in [2.24, 2.45) is 0 Å². The molecule has 1 aliphatic heterocycles. The Bertz CT molecular complexity index is 1550. The van der Waals surface area contributed by atoms with Gasteiger partial charge < -0.3 is 24.1 Å². The van der Waals surface area contributed by atoms with E-state index in [4.69, 9.17) is 4.74 Å². The van der Waals surface area contributed by atoms with Crippen LogP contribution in [0.1, 0.15) is 48.1 Å². The zero-order valence-electron chi connectivity index (χ0n) is 24.1. The molecule has 0 spiro atoms. The number of nitrogens with one attached hydrogen (secondary N) is 1. The summed E-state index contributed by atoms with van der Waals surface area (Å²) in [6.07, 6.45) is -0.413. The predicted octanol–water partition coefficient (Wildman–Crippen LogP) is 6.65. The van der Waals surface area contributed by atoms with Crippen molar-refractivity contribution in [2.75, 3.05) is 44.8 Å². The molecule has 0 radical (unpaired) electrons. The number of ether oxygens (including phenoxy) is 1. The van der Waals surface area contributed by atoms with Crippen molar-refractivity contribution in [3.8, 4) is 0 Å². The first-order chi connectivity index (χ1) is 19.6. The number of pyridine rings is 1. The zero-order valence-corrected chi connectivity index (χ0v) is 24.1. The number of aryl methyl sites for hydroxylation is 2. The van der Waals surface area contributed by atoms with Gasteiger partial charge in [-0.1, -0.05) is 25.0 Å². The SMILES string of the molecule is Cc1c(C)n(CCCCCCN(C)Cc2ccc(N3CCOCC3)cc2)c2ccc3[nH]c(=O)cc(C(F)(F)F)c3c12. The molecule has 0 atom stereocenters. The second-order valence-electron chi connectivity index (χ2n) is 11.2. The van der Waals surface area contributed by atoms with Crippen molar-refractivity contribution >= 4 is 27.5 Å². The number of aromatic nitrogens is 2. The van der Waals surface area contributed by atoms with E-state index in [9.17, 15) is 18.0 Å². The summed E-state index contributed by atoms with van der Waals surface area (Å²) in [6, 6.07) is 12.9. The van der Waals surface area contributed by atoms with E-state index in [1.165, 1.54) is 11.3 Å². The van der Waals surface area contributed by atoms with Gasteiger partial charge in [0.25, 0.3) is 0 Å². The number of hydrogen-bond acceptors (Lipinski definition) is 4. The largest absolute Gasteiger partial charge is 0.417 e. The molecule has 0 amide bonds. The number of unbranched alkanes of at least 4 members (excludes halogenated alkanes) is 3. The Morgan fingerprint density at radius 1 is 0.951 bits per heavy atom. The molecular formula is C32H39F3N4O2. The molecule has 4 aromatic rings. The second-order valence-corrected chi connectivity index (χ2v) is 11.2. The number of nitrogens with zero attached hydrogens (tertiary/aromatic N) is 3. The topological polar surface area (TPSA) is 53.5 Å². The average molecular weight is 569 g/mol. The maximum Gasteiger partial charge on any atom is 0.417 e. The Hall–Kier alpha value is -3.30. The van der Waals surface area contributed by atoms with Crippen molar-refractivity contribution in [3.63, 3.8) is 0 Å². The van der Waals surface area contributed by atoms with Gasteiger partial charge in [0.2, 0.25) is 5.56 Å². The molecule has 1 saturated heterocycles. The average Bonchev–Trinajstić information content (AvgIpc) is 3.19. The Labute approximate surface area is 238 Å². The van der Waals surface area contributed by atoms with Crippen molar-refractivity contribution in [1.29, 1.82) is 0 Å². The predicted molar refractivity (Wildman–Crippen MR) is 159 cm³/mol. The first-order valence-electron chi connectivity index (χ1n) is 14.5. The molecule has 2 aromatic carbocycles. The van der Waals surface area contributed by atoms with E-state index < -0.39 is 17.3 Å². The fourth-order valence-electron chi connectivity index (χ4n) is 6.06. The van der Waals surface area contributed by atoms with Crippen LogP contribution in [0.2, 0.25) is 0 Å². The minimum atomic E-state index is -4.61. The van der Waals surface area contributed by atoms with Gasteiger partial charge in [0, 0.05) is 65.4 Å². The third kappa shape index (κ3) is 6.46. The van der Waals surface area contributed by atoms with Gasteiger partial charge in [0.05, 0.1) is 18.8 Å². The summed E-state index contributed by atoms with van der Waals surface area (Å²) in [4.78, 5) is 19.2. The van der Waals surface area contributed by atoms with E-state index in [0.29, 0.717) is 11.5 Å². The van der Waals surface area contributed by atoms with Crippen molar-refractivity contribution in [2.45, 2.75) is 58.8 Å². The van der Waals surface area contributed by atoms with Gasteiger partial charge in [-0.15, -0.1) is 0 Å². The van der Waals surface area contributed by atoms with Gasteiger partial charge >= 0.3 is 6.18 Å². The molecule has 220 valence electrons. The molecule has 1 fully saturated rings. The van der Waals surface area contributed by atoms with E-state index in [2.05, 4.69) is 50.7 Å². The Balaban J connectivity index is 1.15. The maximum atomic E-state index is 13.9. The van der Waals surface area contributed by atoms with Gasteiger partial charge in [-0.2, -0.15) is 13.2 Å². The standard InChI is InChI=1S/C32H39F3N4O2/c1-22-23(2)39(28-13-12-27-31(30(22)28)26(32(33,34)35)20-29(40)36-27)15-7-5-4-6-14-37(3)21-24-8-10-25(11-9-24)38-16-18-41-19-17-38/h8-13,20H,4-7,14-19,21H2,1-3H3,(H,36,40). The molecule has 1 aliphatic rings. The number of benzene rings is 2. The molecule has 0 aliphatic carbocycles. The number of alkyl halides is 3. The third-order valence-electron chi connectivity index (χ3n) is 8.34. The second kappa shape index (κ2) is 12.3. The number of fused-ring (bicyclic) bond motifs is 3. The number of rotatable bonds is 10. The Kier molecular flexibility index (Phi) is 8.75. The first-order valence-corrected chi connectivity index (χ1v) is 14.5. The Morgan fingerprint density at radius 3 is 2.37 bits per heavy atom. The lowest BCUT2D eigenvalue weighted by molar-refractivity contribution is -0.136. The van der Waals surface area contributed by atoms with Crippen LogP contribution in [0.25, 0.3) is 21.8 Å². The van der Waals surface area contributed by atoms with Crippen molar-refractivity contribution < 1.29 is 17.9 Å². The van der Waals surface area contributed by atoms with Gasteiger partial charge in [0.15, 0.2) is 0 Å². The number of aromatic amines is 1. The molecule has 3 heterocycles. The summed E-state index contributed by atoms with van der Waals surface area (Å²) in [5.74, 6) is 0. The van der Waals surface area contributed by atoms with Crippen molar-refractivity contribution in [3.05, 3.63) is 75.2 Å². The molecule has 9 heteroatoms. The van der Waals surface area contributed by atoms with E-state index in [-0.39, 0.29) is 10.9 Å². The molecular weight excluding hydrogens is 529 g/mol. The van der Waals surface area contributed by atoms with E-state index >= 15 is 0 Å². The molecule has 1 N–H and O–H groups in total. The minimum absolute atomic E-state index is 0.0766. The quantitative estimate of drug-likeness (QED) is 0.218. The van der Waals surface area contributed by atoms with Gasteiger partial charge in [0.1, 0.15) is 0 Å². The van der Waals surface area contributed by atoms with E-state index in [1.54, 1.807) is 6.07 Å². The highest BCUT2D eigenvalue weighted by molar-refractivity contribution is 6.09. The lowest BCUT2D eigenvalue weighted by Crippen LogP contribution is -2.36. The molecule has 0 saturated carbocycles. The lowest BCUT2D eigenvalue weighted by Gasteiger charge is -2.29. The summed E-state index contributed by atoms with van der Waals surface area (Å²) in [6.45, 7) is 9.96. The summed E-state index contributed by atoms with van der Waals surface area (Å²) in [5, 5.41) is 0.649. The smallest absolute Gasteiger partial charge is 0.378 e. The van der Waals surface area contributed by atoms with Gasteiger partial charge in [-0.3, -0.25) is 4.79 Å². The van der Waals surface area contributed by atoms with E-state index in [0.717, 1.165) is 88.4 Å². The fraction of sp³-hybridized carbons (Fsp3) is 0.469. The lowest BCUT2D eigenvalue weighted by atomic mass is 10.0. The Morgan fingerprint density at radius 2 is 1.66 bits per heavy atom. The third-order valence-corrected chi connectivity index (χ3v) is 8.34. The van der Waals surface area contributed by atoms with Crippen LogP contribution in [0.15, 0.2) is 47.3 Å². The molecule has 6 nitrogen and oxygen atoms in total. The van der Waals surface area contributed by atoms with Crippen LogP contribution in [-0.4, -0.2) is 54.3 Å². The molecule has 0 unspecified atom stereocenters. The number of hydrogen-bond donors (Lipinski definition) is 1. The number of halogens is 3. The normalized spacial score (nSPS) is 14.6. The summed E-state index contributed by atoms with van der Waals surface area (Å²) >= 11 is 0. The first kappa shape index (κ1) is 29.2. The van der Waals surface area contributed by atoms with Crippen LogP contribution < -0.4 is 10.5 Å². The highest BCUT2D eigenvalue weighted by atomic mass is 19.4. The zero-order chi connectivity index (χ0) is 29.1. The molecule has 5 rings (SSSR count). The van der Waals surface area contributed by atoms with Crippen LogP contribution in [0.4, 0.5) is 18.9 Å². The highest BCUT2D eigenvalue weighted by Gasteiger charge is 2.34.